The Hall–Kier alpha value is -3.79. The average Bonchev–Trinajstić information content (AvgIpc) is 3.36. The van der Waals surface area contributed by atoms with Crippen LogP contribution < -0.4 is 30.0 Å². The number of anilines is 1. The maximum absolute atomic E-state index is 12.7. The van der Waals surface area contributed by atoms with Crippen molar-refractivity contribution in [2.75, 3.05) is 33.8 Å². The van der Waals surface area contributed by atoms with Crippen LogP contribution in [0.15, 0.2) is 30.3 Å². The van der Waals surface area contributed by atoms with E-state index < -0.39 is 6.04 Å². The van der Waals surface area contributed by atoms with E-state index in [1.54, 1.807) is 52.7 Å². The number of aromatic nitrogens is 3. The van der Waals surface area contributed by atoms with E-state index in [9.17, 15) is 4.79 Å². The summed E-state index contributed by atoms with van der Waals surface area (Å²) in [5.74, 6) is 1.73. The van der Waals surface area contributed by atoms with Gasteiger partial charge in [0.25, 0.3) is 0 Å². The number of hydrogen-bond donors (Lipinski definition) is 3. The highest BCUT2D eigenvalue weighted by Gasteiger charge is 2.22. The number of nitrogens with zero attached hydrogens (tertiary/aromatic N) is 2. The van der Waals surface area contributed by atoms with Crippen LogP contribution >= 0.6 is 0 Å². The van der Waals surface area contributed by atoms with E-state index in [0.717, 1.165) is 12.0 Å². The average molecular weight is 470 g/mol. The number of aromatic amines is 1. The molecule has 0 spiro atoms. The number of nitrogens with two attached hydrogens (primary N) is 1. The van der Waals surface area contributed by atoms with Crippen molar-refractivity contribution >= 4 is 11.6 Å². The highest BCUT2D eigenvalue weighted by atomic mass is 16.5. The molecule has 0 saturated heterocycles. The Labute approximate surface area is 198 Å². The quantitative estimate of drug-likeness (QED) is 0.411. The van der Waals surface area contributed by atoms with Gasteiger partial charge in [-0.2, -0.15) is 0 Å². The number of methoxy groups -OCH3 is 4. The van der Waals surface area contributed by atoms with E-state index in [0.29, 0.717) is 45.6 Å². The first kappa shape index (κ1) is 24.8. The number of carbonyl (C=O) groups excluding carboxylic acids is 1. The number of benzene rings is 2. The van der Waals surface area contributed by atoms with Crippen LogP contribution in [-0.4, -0.2) is 55.8 Å². The van der Waals surface area contributed by atoms with Crippen molar-refractivity contribution in [1.29, 1.82) is 0 Å². The Morgan fingerprint density at radius 2 is 1.65 bits per heavy atom. The molecule has 3 rings (SSSR count). The lowest BCUT2D eigenvalue weighted by atomic mass is 9.99. The van der Waals surface area contributed by atoms with Crippen molar-refractivity contribution in [3.63, 3.8) is 0 Å². The van der Waals surface area contributed by atoms with Gasteiger partial charge < -0.3 is 30.0 Å². The number of amides is 1. The van der Waals surface area contributed by atoms with E-state index >= 15 is 0 Å². The SMILES string of the molecule is CCC(C)C(N)C(=O)Nc1cc(-c2[nH]nnc2-c2cc(OC)c(OC)c(OC)c2)ccc1OC. The van der Waals surface area contributed by atoms with Gasteiger partial charge in [-0.15, -0.1) is 5.10 Å². The molecule has 2 unspecified atom stereocenters. The van der Waals surface area contributed by atoms with Gasteiger partial charge in [0.2, 0.25) is 11.7 Å². The van der Waals surface area contributed by atoms with Crippen molar-refractivity contribution in [2.45, 2.75) is 26.3 Å². The van der Waals surface area contributed by atoms with Crippen molar-refractivity contribution in [1.82, 2.24) is 15.4 Å². The van der Waals surface area contributed by atoms with Crippen LogP contribution in [0.2, 0.25) is 0 Å². The molecule has 0 aliphatic rings. The molecule has 0 aliphatic heterocycles. The molecule has 2 atom stereocenters. The van der Waals surface area contributed by atoms with Crippen LogP contribution in [0, 0.1) is 5.92 Å². The standard InChI is InChI=1S/C24H31N5O5/c1-7-13(2)20(25)24(30)26-16-10-14(8-9-17(16)31-3)21-22(28-29-27-21)15-11-18(32-4)23(34-6)19(12-15)33-5/h8-13,20H,7,25H2,1-6H3,(H,26,30)(H,27,28,29). The summed E-state index contributed by atoms with van der Waals surface area (Å²) < 4.78 is 21.8. The zero-order chi connectivity index (χ0) is 24.8. The molecule has 0 aliphatic carbocycles. The number of hydrogen-bond acceptors (Lipinski definition) is 8. The molecular weight excluding hydrogens is 438 g/mol. The lowest BCUT2D eigenvalue weighted by Crippen LogP contribution is -2.40. The first-order chi connectivity index (χ1) is 16.4. The van der Waals surface area contributed by atoms with Crippen LogP contribution in [0.5, 0.6) is 23.0 Å². The number of nitrogens with one attached hydrogen (secondary N) is 2. The van der Waals surface area contributed by atoms with Gasteiger partial charge in [0.05, 0.1) is 45.9 Å². The van der Waals surface area contributed by atoms with E-state index in [1.165, 1.54) is 0 Å². The third-order valence-corrected chi connectivity index (χ3v) is 5.79. The van der Waals surface area contributed by atoms with Crippen molar-refractivity contribution in [3.05, 3.63) is 30.3 Å². The van der Waals surface area contributed by atoms with E-state index in [4.69, 9.17) is 24.7 Å². The van der Waals surface area contributed by atoms with Gasteiger partial charge in [0, 0.05) is 11.1 Å². The Bertz CT molecular complexity index is 1120. The molecule has 1 aromatic heterocycles. The second kappa shape index (κ2) is 10.9. The Morgan fingerprint density at radius 3 is 2.21 bits per heavy atom. The van der Waals surface area contributed by atoms with Crippen molar-refractivity contribution < 1.29 is 23.7 Å². The van der Waals surface area contributed by atoms with Crippen LogP contribution in [0.1, 0.15) is 20.3 Å². The third-order valence-electron chi connectivity index (χ3n) is 5.79. The molecule has 4 N–H and O–H groups in total. The predicted molar refractivity (Wildman–Crippen MR) is 130 cm³/mol. The summed E-state index contributed by atoms with van der Waals surface area (Å²) in [7, 11) is 6.18. The molecule has 10 nitrogen and oxygen atoms in total. The second-order valence-electron chi connectivity index (χ2n) is 7.77. The molecule has 182 valence electrons. The molecule has 0 bridgehead atoms. The summed E-state index contributed by atoms with van der Waals surface area (Å²) in [4.78, 5) is 12.7. The summed E-state index contributed by atoms with van der Waals surface area (Å²) in [6.45, 7) is 3.94. The van der Waals surface area contributed by atoms with Gasteiger partial charge in [-0.3, -0.25) is 9.89 Å². The monoisotopic (exact) mass is 469 g/mol. The zero-order valence-corrected chi connectivity index (χ0v) is 20.3. The Kier molecular flexibility index (Phi) is 7.95. The molecule has 0 fully saturated rings. The van der Waals surface area contributed by atoms with Gasteiger partial charge in [-0.05, 0) is 36.2 Å². The fourth-order valence-corrected chi connectivity index (χ4v) is 3.54. The molecular formula is C24H31N5O5. The normalized spacial score (nSPS) is 12.6. The maximum atomic E-state index is 12.7. The van der Waals surface area contributed by atoms with Gasteiger partial charge in [-0.25, -0.2) is 0 Å². The van der Waals surface area contributed by atoms with Crippen molar-refractivity contribution in [2.24, 2.45) is 11.7 Å². The van der Waals surface area contributed by atoms with E-state index in [1.807, 2.05) is 19.9 Å². The molecule has 1 amide bonds. The van der Waals surface area contributed by atoms with Gasteiger partial charge >= 0.3 is 0 Å². The highest BCUT2D eigenvalue weighted by Crippen LogP contribution is 2.42. The van der Waals surface area contributed by atoms with Gasteiger partial charge in [-0.1, -0.05) is 25.5 Å². The van der Waals surface area contributed by atoms with Crippen LogP contribution in [0.4, 0.5) is 5.69 Å². The zero-order valence-electron chi connectivity index (χ0n) is 20.3. The molecule has 3 aromatic rings. The van der Waals surface area contributed by atoms with Gasteiger partial charge in [0.1, 0.15) is 11.4 Å². The minimum atomic E-state index is -0.637. The topological polar surface area (TPSA) is 134 Å². The van der Waals surface area contributed by atoms with Crippen LogP contribution in [-0.2, 0) is 4.79 Å². The predicted octanol–water partition coefficient (Wildman–Crippen LogP) is 3.49. The lowest BCUT2D eigenvalue weighted by Gasteiger charge is -2.19. The summed E-state index contributed by atoms with van der Waals surface area (Å²) in [5, 5.41) is 14.1. The summed E-state index contributed by atoms with van der Waals surface area (Å²) in [6.07, 6.45) is 0.795. The molecule has 0 saturated carbocycles. The minimum absolute atomic E-state index is 0.0395. The van der Waals surface area contributed by atoms with Crippen molar-refractivity contribution in [3.8, 4) is 45.5 Å². The summed E-state index contributed by atoms with van der Waals surface area (Å²) >= 11 is 0. The third kappa shape index (κ3) is 4.91. The maximum Gasteiger partial charge on any atom is 0.241 e. The summed E-state index contributed by atoms with van der Waals surface area (Å²) in [6, 6.07) is 8.35. The molecule has 1 heterocycles. The van der Waals surface area contributed by atoms with Crippen LogP contribution in [0.3, 0.4) is 0 Å². The number of H-pyrrole nitrogens is 1. The second-order valence-corrected chi connectivity index (χ2v) is 7.77. The van der Waals surface area contributed by atoms with Gasteiger partial charge in [0.15, 0.2) is 11.5 Å². The fourth-order valence-electron chi connectivity index (χ4n) is 3.54. The molecule has 10 heteroatoms. The lowest BCUT2D eigenvalue weighted by molar-refractivity contribution is -0.118. The first-order valence-corrected chi connectivity index (χ1v) is 10.8. The van der Waals surface area contributed by atoms with E-state index in [2.05, 4.69) is 20.7 Å². The molecule has 0 radical (unpaired) electrons. The van der Waals surface area contributed by atoms with Crippen LogP contribution in [0.25, 0.3) is 22.5 Å². The number of ether oxygens (including phenoxy) is 4. The summed E-state index contributed by atoms with van der Waals surface area (Å²) in [5.41, 5.74) is 9.25. The fraction of sp³-hybridized carbons (Fsp3) is 0.375. The highest BCUT2D eigenvalue weighted by molar-refractivity contribution is 5.97. The molecule has 2 aromatic carbocycles. The largest absolute Gasteiger partial charge is 0.495 e. The number of carbonyl (C=O) groups is 1. The van der Waals surface area contributed by atoms with E-state index in [-0.39, 0.29) is 11.8 Å². The Balaban J connectivity index is 2.03. The smallest absolute Gasteiger partial charge is 0.241 e. The first-order valence-electron chi connectivity index (χ1n) is 10.8. The Morgan fingerprint density at radius 1 is 1.00 bits per heavy atom. The number of rotatable bonds is 10. The minimum Gasteiger partial charge on any atom is -0.495 e. The molecule has 34 heavy (non-hydrogen) atoms.